The molecule has 0 aromatic heterocycles. The molecule has 0 radical (unpaired) electrons. The second-order valence-electron chi connectivity index (χ2n) is 4.25. The third-order valence-corrected chi connectivity index (χ3v) is 2.78. The van der Waals surface area contributed by atoms with Crippen LogP contribution in [0.25, 0.3) is 0 Å². The molecule has 0 spiro atoms. The molecule has 1 heterocycles. The number of hydrazine groups is 2. The molecular formula is C14H15BrN4O. The molecule has 104 valence electrons. The van der Waals surface area contributed by atoms with E-state index >= 15 is 0 Å². The van der Waals surface area contributed by atoms with Crippen molar-refractivity contribution >= 4 is 34.2 Å². The lowest BCUT2D eigenvalue weighted by Crippen LogP contribution is -2.44. The second kappa shape index (κ2) is 5.83. The Morgan fingerprint density at radius 1 is 0.950 bits per heavy atom. The molecular weight excluding hydrogens is 320 g/mol. The van der Waals surface area contributed by atoms with Gasteiger partial charge in [-0.25, -0.2) is 0 Å². The van der Waals surface area contributed by atoms with Crippen molar-refractivity contribution < 1.29 is 5.11 Å². The number of halogens is 1. The molecule has 0 unspecified atom stereocenters. The molecule has 0 atom stereocenters. The Balaban J connectivity index is 0.00000147. The summed E-state index contributed by atoms with van der Waals surface area (Å²) >= 11 is 0. The van der Waals surface area contributed by atoms with Crippen LogP contribution in [0.3, 0.4) is 0 Å². The number of rotatable bonds is 2. The Kier molecular flexibility index (Phi) is 4.14. The third kappa shape index (κ3) is 2.70. The molecule has 1 aliphatic heterocycles. The summed E-state index contributed by atoms with van der Waals surface area (Å²) in [5.41, 5.74) is 5.02. The minimum Gasteiger partial charge on any atom is -0.508 e. The number of amidine groups is 1. The van der Waals surface area contributed by atoms with Crippen molar-refractivity contribution in [3.8, 4) is 5.75 Å². The van der Waals surface area contributed by atoms with Gasteiger partial charge in [0.2, 0.25) is 0 Å². The van der Waals surface area contributed by atoms with Crippen molar-refractivity contribution in [1.82, 2.24) is 5.43 Å². The van der Waals surface area contributed by atoms with Crippen LogP contribution in [0.15, 0.2) is 59.7 Å². The summed E-state index contributed by atoms with van der Waals surface area (Å²) in [7, 11) is 0. The van der Waals surface area contributed by atoms with Crippen LogP contribution in [0, 0.1) is 0 Å². The molecule has 0 saturated heterocycles. The predicted molar refractivity (Wildman–Crippen MR) is 86.1 cm³/mol. The Morgan fingerprint density at radius 2 is 1.60 bits per heavy atom. The molecule has 2 aromatic rings. The van der Waals surface area contributed by atoms with E-state index < -0.39 is 0 Å². The van der Waals surface area contributed by atoms with Gasteiger partial charge in [0.1, 0.15) is 11.6 Å². The van der Waals surface area contributed by atoms with Gasteiger partial charge >= 0.3 is 0 Å². The molecule has 5 nitrogen and oxygen atoms in total. The van der Waals surface area contributed by atoms with E-state index in [1.165, 1.54) is 0 Å². The lowest BCUT2D eigenvalue weighted by Gasteiger charge is -2.27. The van der Waals surface area contributed by atoms with Gasteiger partial charge in [-0.3, -0.25) is 5.43 Å². The van der Waals surface area contributed by atoms with E-state index in [1.807, 2.05) is 54.5 Å². The number of hydrazone groups is 1. The molecule has 0 amide bonds. The van der Waals surface area contributed by atoms with Crippen LogP contribution in [0.1, 0.15) is 6.92 Å². The van der Waals surface area contributed by atoms with Crippen LogP contribution in [0.4, 0.5) is 11.4 Å². The zero-order valence-electron chi connectivity index (χ0n) is 10.9. The molecule has 0 saturated carbocycles. The van der Waals surface area contributed by atoms with Crippen LogP contribution in [0.2, 0.25) is 0 Å². The summed E-state index contributed by atoms with van der Waals surface area (Å²) in [5, 5.41) is 17.4. The van der Waals surface area contributed by atoms with Crippen molar-refractivity contribution in [2.75, 3.05) is 10.2 Å². The minimum atomic E-state index is 0. The van der Waals surface area contributed by atoms with E-state index in [1.54, 1.807) is 17.3 Å². The van der Waals surface area contributed by atoms with E-state index in [0.29, 0.717) is 0 Å². The highest BCUT2D eigenvalue weighted by molar-refractivity contribution is 8.93. The normalized spacial score (nSPS) is 13.6. The van der Waals surface area contributed by atoms with Crippen molar-refractivity contribution in [3.05, 3.63) is 54.6 Å². The maximum absolute atomic E-state index is 9.35. The summed E-state index contributed by atoms with van der Waals surface area (Å²) in [4.78, 5) is 0. The fourth-order valence-electron chi connectivity index (χ4n) is 1.91. The van der Waals surface area contributed by atoms with E-state index in [-0.39, 0.29) is 22.7 Å². The number of aromatic hydroxyl groups is 1. The highest BCUT2D eigenvalue weighted by Gasteiger charge is 2.22. The molecule has 1 aliphatic rings. The molecule has 2 N–H and O–H groups in total. The molecule has 0 aliphatic carbocycles. The van der Waals surface area contributed by atoms with Crippen molar-refractivity contribution in [3.63, 3.8) is 0 Å². The smallest absolute Gasteiger partial charge is 0.142 e. The van der Waals surface area contributed by atoms with Gasteiger partial charge in [0.15, 0.2) is 0 Å². The Morgan fingerprint density at radius 3 is 2.25 bits per heavy atom. The highest BCUT2D eigenvalue weighted by Crippen LogP contribution is 2.25. The summed E-state index contributed by atoms with van der Waals surface area (Å²) < 4.78 is 0. The van der Waals surface area contributed by atoms with E-state index in [0.717, 1.165) is 17.2 Å². The van der Waals surface area contributed by atoms with Crippen LogP contribution >= 0.6 is 17.0 Å². The Hall–Kier alpha value is -2.21. The molecule has 0 bridgehead atoms. The topological polar surface area (TPSA) is 51.1 Å². The van der Waals surface area contributed by atoms with Gasteiger partial charge in [-0.2, -0.15) is 10.2 Å². The first kappa shape index (κ1) is 14.2. The maximum atomic E-state index is 9.35. The van der Waals surface area contributed by atoms with E-state index in [2.05, 4.69) is 10.5 Å². The Bertz CT molecular complexity index is 600. The second-order valence-corrected chi connectivity index (χ2v) is 4.25. The lowest BCUT2D eigenvalue weighted by atomic mass is 10.3. The zero-order valence-corrected chi connectivity index (χ0v) is 12.6. The van der Waals surface area contributed by atoms with Gasteiger partial charge < -0.3 is 5.11 Å². The standard InChI is InChI=1S/C14H14N4O.BrH/c1-11-15-17(12-5-3-2-4-6-12)18(16-11)13-7-9-14(19)10-8-13;/h2-10,19H,1H3,(H,15,16);1H. The zero-order chi connectivity index (χ0) is 13.2. The number of benzene rings is 2. The van der Waals surface area contributed by atoms with Crippen LogP contribution < -0.4 is 15.7 Å². The number of nitrogens with one attached hydrogen (secondary N) is 1. The summed E-state index contributed by atoms with van der Waals surface area (Å²) in [6.45, 7) is 1.90. The predicted octanol–water partition coefficient (Wildman–Crippen LogP) is 3.05. The van der Waals surface area contributed by atoms with Crippen LogP contribution in [0.5, 0.6) is 5.75 Å². The van der Waals surface area contributed by atoms with Gasteiger partial charge in [-0.05, 0) is 43.3 Å². The van der Waals surface area contributed by atoms with Gasteiger partial charge in [-0.15, -0.1) is 22.1 Å². The number of phenolic OH excluding ortho intramolecular Hbond substituents is 1. The average molecular weight is 335 g/mol. The first-order chi connectivity index (χ1) is 9.24. The number of hydrogen-bond donors (Lipinski definition) is 2. The average Bonchev–Trinajstić information content (AvgIpc) is 2.83. The summed E-state index contributed by atoms with van der Waals surface area (Å²) in [5.74, 6) is 1.05. The molecule has 20 heavy (non-hydrogen) atoms. The van der Waals surface area contributed by atoms with Crippen molar-refractivity contribution in [2.24, 2.45) is 5.10 Å². The minimum absolute atomic E-state index is 0. The SMILES string of the molecule is Br.CC1=NN(c2ccccc2)N(c2ccc(O)cc2)N1. The van der Waals surface area contributed by atoms with Crippen LogP contribution in [-0.2, 0) is 0 Å². The largest absolute Gasteiger partial charge is 0.508 e. The molecule has 0 fully saturated rings. The van der Waals surface area contributed by atoms with Crippen LogP contribution in [-0.4, -0.2) is 10.9 Å². The monoisotopic (exact) mass is 334 g/mol. The van der Waals surface area contributed by atoms with Crippen molar-refractivity contribution in [2.45, 2.75) is 6.92 Å². The summed E-state index contributed by atoms with van der Waals surface area (Å²) in [6.07, 6.45) is 0. The molecule has 3 rings (SSSR count). The number of anilines is 2. The van der Waals surface area contributed by atoms with E-state index in [4.69, 9.17) is 0 Å². The number of nitrogens with zero attached hydrogens (tertiary/aromatic N) is 3. The number of para-hydroxylation sites is 1. The van der Waals surface area contributed by atoms with Gasteiger partial charge in [0, 0.05) is 0 Å². The molecule has 2 aromatic carbocycles. The van der Waals surface area contributed by atoms with Crippen molar-refractivity contribution in [1.29, 1.82) is 0 Å². The summed E-state index contributed by atoms with van der Waals surface area (Å²) in [6, 6.07) is 16.8. The molecule has 6 heteroatoms. The first-order valence-corrected chi connectivity index (χ1v) is 6.00. The van der Waals surface area contributed by atoms with Gasteiger partial charge in [0.05, 0.1) is 11.4 Å². The highest BCUT2D eigenvalue weighted by atomic mass is 79.9. The number of hydrogen-bond acceptors (Lipinski definition) is 5. The maximum Gasteiger partial charge on any atom is 0.142 e. The lowest BCUT2D eigenvalue weighted by molar-refractivity contribution is 0.475. The van der Waals surface area contributed by atoms with Gasteiger partial charge in [-0.1, -0.05) is 18.2 Å². The Labute approximate surface area is 127 Å². The van der Waals surface area contributed by atoms with E-state index in [9.17, 15) is 5.11 Å². The fourth-order valence-corrected chi connectivity index (χ4v) is 1.91. The van der Waals surface area contributed by atoms with Gasteiger partial charge in [0.25, 0.3) is 0 Å². The fraction of sp³-hybridized carbons (Fsp3) is 0.0714. The quantitative estimate of drug-likeness (QED) is 0.886. The first-order valence-electron chi connectivity index (χ1n) is 6.00. The number of phenols is 1. The third-order valence-electron chi connectivity index (χ3n) is 2.78.